The van der Waals surface area contributed by atoms with Crippen LogP contribution in [0, 0.1) is 18.8 Å². The minimum atomic E-state index is -0.332. The van der Waals surface area contributed by atoms with Crippen molar-refractivity contribution in [2.75, 3.05) is 11.9 Å². The molecule has 2 aromatic heterocycles. The summed E-state index contributed by atoms with van der Waals surface area (Å²) in [5, 5.41) is 4.13. The summed E-state index contributed by atoms with van der Waals surface area (Å²) in [6.07, 6.45) is 0.759. The van der Waals surface area contributed by atoms with E-state index in [1.165, 1.54) is 9.13 Å². The van der Waals surface area contributed by atoms with Crippen molar-refractivity contribution in [3.63, 3.8) is 0 Å². The fraction of sp³-hybridized carbons (Fsp3) is 0.500. The monoisotopic (exact) mass is 509 g/mol. The second kappa shape index (κ2) is 9.61. The number of aryl methyl sites for hydroxylation is 2. The number of nitrogens with zero attached hydrogens (tertiary/aromatic N) is 4. The Balaban J connectivity index is 1.91. The molecular formula is C22H29BrClN5O2. The maximum atomic E-state index is 13.2. The SMILES string of the molecule is Cc1ccc(Cl)cc1NC[C@@H](C)Cn1c(Br)nc2c1c(=O)n(CCC(C)C)c(=O)n2C. The highest BCUT2D eigenvalue weighted by atomic mass is 79.9. The first kappa shape index (κ1) is 23.6. The Kier molecular flexibility index (Phi) is 7.31. The molecule has 0 bridgehead atoms. The lowest BCUT2D eigenvalue weighted by molar-refractivity contribution is 0.482. The van der Waals surface area contributed by atoms with E-state index in [0.717, 1.165) is 17.7 Å². The Morgan fingerprint density at radius 3 is 2.58 bits per heavy atom. The fourth-order valence-corrected chi connectivity index (χ4v) is 4.20. The molecule has 0 saturated heterocycles. The van der Waals surface area contributed by atoms with Crippen LogP contribution in [0.1, 0.15) is 32.8 Å². The first-order valence-corrected chi connectivity index (χ1v) is 11.6. The summed E-state index contributed by atoms with van der Waals surface area (Å²) < 4.78 is 5.18. The Hall–Kier alpha value is -2.06. The van der Waals surface area contributed by atoms with Crippen molar-refractivity contribution in [1.29, 1.82) is 0 Å². The van der Waals surface area contributed by atoms with Gasteiger partial charge in [-0.2, -0.15) is 0 Å². The van der Waals surface area contributed by atoms with Crippen LogP contribution in [0.4, 0.5) is 5.69 Å². The highest BCUT2D eigenvalue weighted by molar-refractivity contribution is 9.10. The average Bonchev–Trinajstić information content (AvgIpc) is 3.03. The zero-order valence-corrected chi connectivity index (χ0v) is 20.9. The molecule has 0 aliphatic heterocycles. The second-order valence-corrected chi connectivity index (χ2v) is 9.74. The molecule has 2 heterocycles. The zero-order chi connectivity index (χ0) is 22.9. The molecule has 1 atom stereocenters. The molecule has 0 aliphatic rings. The molecule has 0 fully saturated rings. The van der Waals surface area contributed by atoms with E-state index < -0.39 is 0 Å². The minimum absolute atomic E-state index is 0.188. The van der Waals surface area contributed by atoms with E-state index in [1.54, 1.807) is 7.05 Å². The summed E-state index contributed by atoms with van der Waals surface area (Å²) in [5.74, 6) is 0.581. The first-order chi connectivity index (χ1) is 14.6. The zero-order valence-electron chi connectivity index (χ0n) is 18.6. The summed E-state index contributed by atoms with van der Waals surface area (Å²) in [4.78, 5) is 30.4. The molecule has 1 N–H and O–H groups in total. The molecule has 31 heavy (non-hydrogen) atoms. The predicted molar refractivity (Wildman–Crippen MR) is 130 cm³/mol. The summed E-state index contributed by atoms with van der Waals surface area (Å²) >= 11 is 9.60. The van der Waals surface area contributed by atoms with Gasteiger partial charge < -0.3 is 9.88 Å². The van der Waals surface area contributed by atoms with Crippen LogP contribution in [0.25, 0.3) is 11.2 Å². The summed E-state index contributed by atoms with van der Waals surface area (Å²) in [6, 6.07) is 5.76. The van der Waals surface area contributed by atoms with Gasteiger partial charge in [0, 0.05) is 37.4 Å². The number of benzene rings is 1. The fourth-order valence-electron chi connectivity index (χ4n) is 3.54. The maximum absolute atomic E-state index is 13.2. The average molecular weight is 511 g/mol. The largest absolute Gasteiger partial charge is 0.384 e. The number of imidazole rings is 1. The van der Waals surface area contributed by atoms with Gasteiger partial charge in [-0.15, -0.1) is 0 Å². The number of rotatable bonds is 8. The van der Waals surface area contributed by atoms with Crippen LogP contribution in [0.5, 0.6) is 0 Å². The highest BCUT2D eigenvalue weighted by Crippen LogP contribution is 2.22. The third-order valence-corrected chi connectivity index (χ3v) is 6.29. The van der Waals surface area contributed by atoms with Crippen LogP contribution in [0.3, 0.4) is 0 Å². The number of aromatic nitrogens is 4. The van der Waals surface area contributed by atoms with Gasteiger partial charge in [-0.05, 0) is 58.8 Å². The molecular weight excluding hydrogens is 482 g/mol. The molecule has 9 heteroatoms. The predicted octanol–water partition coefficient (Wildman–Crippen LogP) is 4.42. The lowest BCUT2D eigenvalue weighted by atomic mass is 10.1. The normalized spacial score (nSPS) is 12.6. The van der Waals surface area contributed by atoms with E-state index in [9.17, 15) is 9.59 Å². The van der Waals surface area contributed by atoms with Gasteiger partial charge >= 0.3 is 5.69 Å². The number of hydrogen-bond acceptors (Lipinski definition) is 4. The van der Waals surface area contributed by atoms with Crippen LogP contribution in [-0.2, 0) is 20.1 Å². The molecule has 168 valence electrons. The lowest BCUT2D eigenvalue weighted by Gasteiger charge is -2.17. The van der Waals surface area contributed by atoms with Crippen LogP contribution < -0.4 is 16.6 Å². The molecule has 7 nitrogen and oxygen atoms in total. The molecule has 0 amide bonds. The quantitative estimate of drug-likeness (QED) is 0.455. The van der Waals surface area contributed by atoms with Gasteiger partial charge in [-0.25, -0.2) is 9.78 Å². The van der Waals surface area contributed by atoms with Crippen LogP contribution in [0.2, 0.25) is 5.02 Å². The van der Waals surface area contributed by atoms with Gasteiger partial charge in [-0.3, -0.25) is 13.9 Å². The number of anilines is 1. The van der Waals surface area contributed by atoms with Crippen molar-refractivity contribution in [1.82, 2.24) is 18.7 Å². The van der Waals surface area contributed by atoms with E-state index in [2.05, 4.69) is 47.0 Å². The molecule has 1 aromatic carbocycles. The van der Waals surface area contributed by atoms with Crippen molar-refractivity contribution < 1.29 is 0 Å². The van der Waals surface area contributed by atoms with Crippen molar-refractivity contribution in [2.24, 2.45) is 18.9 Å². The summed E-state index contributed by atoms with van der Waals surface area (Å²) in [5.41, 5.74) is 2.34. The molecule has 0 spiro atoms. The van der Waals surface area contributed by atoms with E-state index in [-0.39, 0.29) is 17.2 Å². The number of halogens is 2. The third-order valence-electron chi connectivity index (χ3n) is 5.45. The molecule has 0 saturated carbocycles. The lowest BCUT2D eigenvalue weighted by Crippen LogP contribution is -2.40. The Morgan fingerprint density at radius 2 is 1.90 bits per heavy atom. The van der Waals surface area contributed by atoms with Gasteiger partial charge in [0.05, 0.1) is 0 Å². The number of nitrogens with one attached hydrogen (secondary N) is 1. The first-order valence-electron chi connectivity index (χ1n) is 10.5. The van der Waals surface area contributed by atoms with Gasteiger partial charge in [0.1, 0.15) is 0 Å². The smallest absolute Gasteiger partial charge is 0.332 e. The number of hydrogen-bond donors (Lipinski definition) is 1. The van der Waals surface area contributed by atoms with Crippen molar-refractivity contribution in [2.45, 2.75) is 47.2 Å². The van der Waals surface area contributed by atoms with E-state index >= 15 is 0 Å². The van der Waals surface area contributed by atoms with Gasteiger partial charge in [-0.1, -0.05) is 38.4 Å². The van der Waals surface area contributed by atoms with Gasteiger partial charge in [0.2, 0.25) is 0 Å². The summed E-state index contributed by atoms with van der Waals surface area (Å²) in [7, 11) is 1.66. The summed E-state index contributed by atoms with van der Waals surface area (Å²) in [6.45, 7) is 9.94. The Morgan fingerprint density at radius 1 is 1.19 bits per heavy atom. The maximum Gasteiger partial charge on any atom is 0.332 e. The van der Waals surface area contributed by atoms with Crippen molar-refractivity contribution >= 4 is 44.4 Å². The van der Waals surface area contributed by atoms with E-state index in [0.29, 0.717) is 46.5 Å². The molecule has 3 aromatic rings. The topological polar surface area (TPSA) is 73.8 Å². The minimum Gasteiger partial charge on any atom is -0.384 e. The molecule has 0 unspecified atom stereocenters. The Bertz CT molecular complexity index is 1210. The molecule has 0 radical (unpaired) electrons. The van der Waals surface area contributed by atoms with Gasteiger partial charge in [0.25, 0.3) is 5.56 Å². The van der Waals surface area contributed by atoms with Crippen molar-refractivity contribution in [3.8, 4) is 0 Å². The molecule has 3 rings (SSSR count). The second-order valence-electron chi connectivity index (χ2n) is 8.59. The third kappa shape index (κ3) is 5.06. The van der Waals surface area contributed by atoms with Crippen LogP contribution >= 0.6 is 27.5 Å². The van der Waals surface area contributed by atoms with E-state index in [1.807, 2.05) is 29.7 Å². The molecule has 0 aliphatic carbocycles. The van der Waals surface area contributed by atoms with Crippen LogP contribution in [0.15, 0.2) is 32.5 Å². The van der Waals surface area contributed by atoms with Crippen molar-refractivity contribution in [3.05, 3.63) is 54.4 Å². The highest BCUT2D eigenvalue weighted by Gasteiger charge is 2.20. The van der Waals surface area contributed by atoms with E-state index in [4.69, 9.17) is 11.6 Å². The number of fused-ring (bicyclic) bond motifs is 1. The standard InChI is InChI=1S/C22H29BrClN5O2/c1-13(2)8-9-28-20(30)18-19(27(5)22(28)31)26-21(23)29(18)12-14(3)11-25-17-10-16(24)7-6-15(17)4/h6-7,10,13-14,25H,8-9,11-12H2,1-5H3/t14-/m1/s1. The van der Waals surface area contributed by atoms with Crippen LogP contribution in [-0.4, -0.2) is 25.2 Å². The Labute approximate surface area is 195 Å². The van der Waals surface area contributed by atoms with Gasteiger partial charge in [0.15, 0.2) is 15.9 Å².